The fourth-order valence-corrected chi connectivity index (χ4v) is 2.51. The van der Waals surface area contributed by atoms with Crippen LogP contribution in [0.15, 0.2) is 0 Å². The lowest BCUT2D eigenvalue weighted by molar-refractivity contribution is 0.185. The molecule has 0 amide bonds. The molecule has 1 aliphatic heterocycles. The predicted molar refractivity (Wildman–Crippen MR) is 70.9 cm³/mol. The van der Waals surface area contributed by atoms with Gasteiger partial charge in [-0.2, -0.15) is 0 Å². The molecule has 0 aromatic carbocycles. The lowest BCUT2D eigenvalue weighted by Crippen LogP contribution is -2.42. The van der Waals surface area contributed by atoms with E-state index < -0.39 is 0 Å². The van der Waals surface area contributed by atoms with Crippen molar-refractivity contribution < 1.29 is 0 Å². The third-order valence-corrected chi connectivity index (χ3v) is 3.81. The van der Waals surface area contributed by atoms with E-state index in [2.05, 4.69) is 36.0 Å². The molecule has 0 aliphatic carbocycles. The van der Waals surface area contributed by atoms with Gasteiger partial charge in [0.05, 0.1) is 0 Å². The molecule has 0 aromatic heterocycles. The van der Waals surface area contributed by atoms with E-state index >= 15 is 0 Å². The first-order chi connectivity index (χ1) is 7.77. The van der Waals surface area contributed by atoms with Crippen molar-refractivity contribution in [3.05, 3.63) is 0 Å². The molecule has 0 aromatic rings. The average molecular weight is 227 g/mol. The molecule has 1 aliphatic rings. The van der Waals surface area contributed by atoms with Gasteiger partial charge < -0.3 is 15.1 Å². The van der Waals surface area contributed by atoms with E-state index in [1.165, 1.54) is 58.5 Å². The summed E-state index contributed by atoms with van der Waals surface area (Å²) in [6, 6.07) is 0.818. The maximum atomic E-state index is 3.43. The van der Waals surface area contributed by atoms with Crippen LogP contribution < -0.4 is 5.32 Å². The Morgan fingerprint density at radius 2 is 1.69 bits per heavy atom. The normalized spacial score (nSPS) is 18.6. The zero-order valence-corrected chi connectivity index (χ0v) is 11.3. The highest BCUT2D eigenvalue weighted by atomic mass is 15.2. The van der Waals surface area contributed by atoms with Gasteiger partial charge in [-0.1, -0.05) is 13.8 Å². The van der Waals surface area contributed by atoms with Crippen LogP contribution in [-0.4, -0.2) is 62.2 Å². The Balaban J connectivity index is 2.11. The second-order valence-electron chi connectivity index (χ2n) is 4.84. The van der Waals surface area contributed by atoms with Gasteiger partial charge in [0.2, 0.25) is 0 Å². The molecular weight excluding hydrogens is 198 g/mol. The lowest BCUT2D eigenvalue weighted by Gasteiger charge is -2.32. The number of rotatable bonds is 7. The van der Waals surface area contributed by atoms with Crippen LogP contribution in [0.4, 0.5) is 0 Å². The highest BCUT2D eigenvalue weighted by molar-refractivity contribution is 4.75. The predicted octanol–water partition coefficient (Wildman–Crippen LogP) is 1.40. The summed E-state index contributed by atoms with van der Waals surface area (Å²) in [6.45, 7) is 11.8. The first kappa shape index (κ1) is 13.9. The molecule has 16 heavy (non-hydrogen) atoms. The van der Waals surface area contributed by atoms with Gasteiger partial charge in [0.15, 0.2) is 0 Å². The fraction of sp³-hybridized carbons (Fsp3) is 1.00. The smallest absolute Gasteiger partial charge is 0.0116 e. The van der Waals surface area contributed by atoms with Crippen LogP contribution in [-0.2, 0) is 0 Å². The molecule has 1 rings (SSSR count). The Kier molecular flexibility index (Phi) is 7.01. The van der Waals surface area contributed by atoms with Crippen molar-refractivity contribution in [1.29, 1.82) is 0 Å². The molecule has 96 valence electrons. The zero-order valence-electron chi connectivity index (χ0n) is 11.3. The van der Waals surface area contributed by atoms with E-state index in [4.69, 9.17) is 0 Å². The maximum Gasteiger partial charge on any atom is 0.0116 e. The lowest BCUT2D eigenvalue weighted by atomic mass is 10.1. The molecule has 1 heterocycles. The second-order valence-corrected chi connectivity index (χ2v) is 4.84. The molecular formula is C13H29N3. The summed E-state index contributed by atoms with van der Waals surface area (Å²) in [6.07, 6.45) is 3.95. The molecule has 0 radical (unpaired) electrons. The molecule has 0 saturated carbocycles. The highest BCUT2D eigenvalue weighted by Gasteiger charge is 2.16. The van der Waals surface area contributed by atoms with Gasteiger partial charge in [-0.15, -0.1) is 0 Å². The number of nitrogens with zero attached hydrogens (tertiary/aromatic N) is 2. The molecule has 1 fully saturated rings. The van der Waals surface area contributed by atoms with E-state index in [0.717, 1.165) is 6.04 Å². The summed E-state index contributed by atoms with van der Waals surface area (Å²) in [4.78, 5) is 5.07. The van der Waals surface area contributed by atoms with Crippen molar-refractivity contribution in [3.8, 4) is 0 Å². The Morgan fingerprint density at radius 1 is 1.06 bits per heavy atom. The van der Waals surface area contributed by atoms with Crippen molar-refractivity contribution in [2.24, 2.45) is 0 Å². The maximum absolute atomic E-state index is 3.43. The van der Waals surface area contributed by atoms with Crippen LogP contribution in [0.1, 0.15) is 33.1 Å². The zero-order chi connectivity index (χ0) is 11.8. The van der Waals surface area contributed by atoms with Gasteiger partial charge in [0.1, 0.15) is 0 Å². The monoisotopic (exact) mass is 227 g/mol. The van der Waals surface area contributed by atoms with E-state index in [-0.39, 0.29) is 0 Å². The minimum Gasteiger partial charge on any atom is -0.317 e. The molecule has 0 atom stereocenters. The van der Waals surface area contributed by atoms with Crippen LogP contribution in [0.3, 0.4) is 0 Å². The Morgan fingerprint density at radius 3 is 2.25 bits per heavy atom. The van der Waals surface area contributed by atoms with Crippen molar-refractivity contribution in [2.45, 2.75) is 39.2 Å². The van der Waals surface area contributed by atoms with Gasteiger partial charge in [0.25, 0.3) is 0 Å². The number of nitrogens with one attached hydrogen (secondary N) is 1. The van der Waals surface area contributed by atoms with Gasteiger partial charge in [-0.3, -0.25) is 0 Å². The Bertz CT molecular complexity index is 163. The molecule has 1 saturated heterocycles. The minimum atomic E-state index is 0.818. The summed E-state index contributed by atoms with van der Waals surface area (Å²) in [5.41, 5.74) is 0. The molecule has 3 nitrogen and oxygen atoms in total. The summed E-state index contributed by atoms with van der Waals surface area (Å²) in [7, 11) is 2.29. The third-order valence-electron chi connectivity index (χ3n) is 3.81. The first-order valence-electron chi connectivity index (χ1n) is 6.91. The van der Waals surface area contributed by atoms with Crippen molar-refractivity contribution in [1.82, 2.24) is 15.1 Å². The average Bonchev–Trinajstić information content (AvgIpc) is 2.35. The van der Waals surface area contributed by atoms with Gasteiger partial charge in [-0.25, -0.2) is 0 Å². The number of hydrogen-bond donors (Lipinski definition) is 1. The van der Waals surface area contributed by atoms with Crippen LogP contribution in [0.2, 0.25) is 0 Å². The summed E-state index contributed by atoms with van der Waals surface area (Å²) >= 11 is 0. The quantitative estimate of drug-likeness (QED) is 0.709. The third kappa shape index (κ3) is 4.81. The van der Waals surface area contributed by atoms with Crippen molar-refractivity contribution in [2.75, 3.05) is 46.3 Å². The van der Waals surface area contributed by atoms with E-state index in [0.29, 0.717) is 0 Å². The van der Waals surface area contributed by atoms with Gasteiger partial charge in [-0.05, 0) is 65.6 Å². The number of piperidine rings is 1. The van der Waals surface area contributed by atoms with Gasteiger partial charge >= 0.3 is 0 Å². The molecule has 3 heteroatoms. The topological polar surface area (TPSA) is 18.5 Å². The molecule has 0 unspecified atom stereocenters. The van der Waals surface area contributed by atoms with E-state index in [1.54, 1.807) is 0 Å². The highest BCUT2D eigenvalue weighted by Crippen LogP contribution is 2.10. The van der Waals surface area contributed by atoms with E-state index in [9.17, 15) is 0 Å². The fourth-order valence-electron chi connectivity index (χ4n) is 2.51. The van der Waals surface area contributed by atoms with Crippen LogP contribution in [0.25, 0.3) is 0 Å². The molecule has 1 N–H and O–H groups in total. The van der Waals surface area contributed by atoms with Crippen LogP contribution in [0.5, 0.6) is 0 Å². The second kappa shape index (κ2) is 8.04. The van der Waals surface area contributed by atoms with E-state index in [1.807, 2.05) is 0 Å². The SMILES string of the molecule is CCN(CC)CCCN(C)C1CCNCC1. The standard InChI is InChI=1S/C13H29N3/c1-4-16(5-2)12-6-11-15(3)13-7-9-14-10-8-13/h13-14H,4-12H2,1-3H3. The summed E-state index contributed by atoms with van der Waals surface area (Å²) < 4.78 is 0. The summed E-state index contributed by atoms with van der Waals surface area (Å²) in [5, 5.41) is 3.43. The Labute approximate surface area is 101 Å². The van der Waals surface area contributed by atoms with Gasteiger partial charge in [0, 0.05) is 6.04 Å². The molecule has 0 bridgehead atoms. The molecule has 0 spiro atoms. The van der Waals surface area contributed by atoms with Crippen LogP contribution in [0, 0.1) is 0 Å². The Hall–Kier alpha value is -0.120. The largest absolute Gasteiger partial charge is 0.317 e. The minimum absolute atomic E-state index is 0.818. The number of hydrogen-bond acceptors (Lipinski definition) is 3. The van der Waals surface area contributed by atoms with Crippen molar-refractivity contribution >= 4 is 0 Å². The summed E-state index contributed by atoms with van der Waals surface area (Å²) in [5.74, 6) is 0. The van der Waals surface area contributed by atoms with Crippen LogP contribution >= 0.6 is 0 Å². The van der Waals surface area contributed by atoms with Crippen molar-refractivity contribution in [3.63, 3.8) is 0 Å². The first-order valence-corrected chi connectivity index (χ1v) is 6.91.